The molecule has 0 aliphatic rings. The van der Waals surface area contributed by atoms with Crippen molar-refractivity contribution in [1.29, 1.82) is 0 Å². The zero-order valence-electron chi connectivity index (χ0n) is 18.6. The van der Waals surface area contributed by atoms with Gasteiger partial charge in [0.1, 0.15) is 13.8 Å². The van der Waals surface area contributed by atoms with Crippen LogP contribution in [0.3, 0.4) is 0 Å². The lowest BCUT2D eigenvalue weighted by molar-refractivity contribution is -0.132. The number of benzene rings is 1. The predicted octanol–water partition coefficient (Wildman–Crippen LogP) is 7.08. The average molecular weight is 499 g/mol. The van der Waals surface area contributed by atoms with Gasteiger partial charge in [0.2, 0.25) is 0 Å². The molecule has 0 spiro atoms. The Morgan fingerprint density at radius 1 is 1.04 bits per heavy atom. The van der Waals surface area contributed by atoms with E-state index in [9.17, 15) is 4.79 Å². The highest BCUT2D eigenvalue weighted by Crippen LogP contribution is 2.41. The van der Waals surface area contributed by atoms with Crippen LogP contribution < -0.4 is 4.74 Å². The Labute approximate surface area is 181 Å². The van der Waals surface area contributed by atoms with Crippen molar-refractivity contribution in [3.63, 3.8) is 0 Å². The standard InChI is InChI=1S/C23H35IO2Si/c1-15(2)27(16(3)4,17(5)6)12-11-19-13-20(23(8,9)10)22(21(24)14-19)26-18(7)25/h13-17H,1-10H3. The number of carbonyl (C=O) groups is 1. The first-order valence-electron chi connectivity index (χ1n) is 9.79. The molecule has 0 fully saturated rings. The first kappa shape index (κ1) is 24.2. The molecule has 4 heteroatoms. The van der Waals surface area contributed by atoms with Crippen LogP contribution in [0.1, 0.15) is 80.4 Å². The fraction of sp³-hybridized carbons (Fsp3) is 0.609. The molecular formula is C23H35IO2Si. The Bertz CT molecular complexity index is 724. The SMILES string of the molecule is CC(=O)Oc1c(I)cc(C#C[Si](C(C)C)(C(C)C)C(C)C)cc1C(C)(C)C. The first-order chi connectivity index (χ1) is 12.2. The number of ether oxygens (including phenoxy) is 1. The van der Waals surface area contributed by atoms with E-state index in [1.165, 1.54) is 6.92 Å². The van der Waals surface area contributed by atoms with E-state index in [0.29, 0.717) is 22.4 Å². The number of rotatable bonds is 4. The van der Waals surface area contributed by atoms with E-state index in [4.69, 9.17) is 4.74 Å². The van der Waals surface area contributed by atoms with Crippen molar-refractivity contribution in [1.82, 2.24) is 0 Å². The zero-order valence-corrected chi connectivity index (χ0v) is 21.7. The van der Waals surface area contributed by atoms with E-state index in [-0.39, 0.29) is 11.4 Å². The predicted molar refractivity (Wildman–Crippen MR) is 127 cm³/mol. The van der Waals surface area contributed by atoms with E-state index in [2.05, 4.69) is 102 Å². The maximum atomic E-state index is 11.6. The highest BCUT2D eigenvalue weighted by atomic mass is 127. The molecule has 0 aliphatic heterocycles. The Morgan fingerprint density at radius 2 is 1.52 bits per heavy atom. The molecule has 0 aromatic heterocycles. The maximum absolute atomic E-state index is 11.6. The molecule has 0 saturated carbocycles. The van der Waals surface area contributed by atoms with Crippen LogP contribution >= 0.6 is 22.6 Å². The molecule has 0 amide bonds. The van der Waals surface area contributed by atoms with Crippen LogP contribution in [0.2, 0.25) is 16.6 Å². The van der Waals surface area contributed by atoms with E-state index >= 15 is 0 Å². The van der Waals surface area contributed by atoms with Crippen molar-refractivity contribution < 1.29 is 9.53 Å². The van der Waals surface area contributed by atoms with Crippen LogP contribution in [0.25, 0.3) is 0 Å². The van der Waals surface area contributed by atoms with E-state index < -0.39 is 8.07 Å². The average Bonchev–Trinajstić information content (AvgIpc) is 2.47. The number of carbonyl (C=O) groups excluding carboxylic acids is 1. The summed E-state index contributed by atoms with van der Waals surface area (Å²) in [4.78, 5) is 11.6. The van der Waals surface area contributed by atoms with Crippen LogP contribution in [-0.4, -0.2) is 14.0 Å². The summed E-state index contributed by atoms with van der Waals surface area (Å²) in [6.45, 7) is 21.8. The van der Waals surface area contributed by atoms with Gasteiger partial charge in [-0.2, -0.15) is 0 Å². The van der Waals surface area contributed by atoms with Gasteiger partial charge in [0.05, 0.1) is 3.57 Å². The smallest absolute Gasteiger partial charge is 0.308 e. The van der Waals surface area contributed by atoms with Crippen LogP contribution in [0.4, 0.5) is 0 Å². The molecule has 0 aliphatic carbocycles. The topological polar surface area (TPSA) is 26.3 Å². The minimum absolute atomic E-state index is 0.134. The molecule has 1 rings (SSSR count). The molecule has 0 radical (unpaired) electrons. The minimum atomic E-state index is -1.78. The summed E-state index contributed by atoms with van der Waals surface area (Å²) in [6.07, 6.45) is 0. The van der Waals surface area contributed by atoms with Gasteiger partial charge in [0.25, 0.3) is 0 Å². The monoisotopic (exact) mass is 498 g/mol. The molecule has 0 N–H and O–H groups in total. The number of hydrogen-bond donors (Lipinski definition) is 0. The fourth-order valence-corrected chi connectivity index (χ4v) is 10.0. The van der Waals surface area contributed by atoms with Crippen molar-refractivity contribution in [3.05, 3.63) is 26.8 Å². The summed E-state index contributed by atoms with van der Waals surface area (Å²) < 4.78 is 6.47. The summed E-state index contributed by atoms with van der Waals surface area (Å²) in [5.74, 6) is 3.91. The second-order valence-corrected chi connectivity index (χ2v) is 16.1. The highest BCUT2D eigenvalue weighted by molar-refractivity contribution is 14.1. The second kappa shape index (κ2) is 9.13. The number of halogens is 1. The van der Waals surface area contributed by atoms with Crippen molar-refractivity contribution >= 4 is 36.6 Å². The van der Waals surface area contributed by atoms with Crippen LogP contribution in [0, 0.1) is 15.0 Å². The quantitative estimate of drug-likeness (QED) is 0.146. The third-order valence-electron chi connectivity index (χ3n) is 5.39. The third-order valence-corrected chi connectivity index (χ3v) is 12.5. The van der Waals surface area contributed by atoms with Gasteiger partial charge >= 0.3 is 5.97 Å². The second-order valence-electron chi connectivity index (χ2n) is 9.33. The number of hydrogen-bond acceptors (Lipinski definition) is 2. The molecule has 27 heavy (non-hydrogen) atoms. The Hall–Kier alpha value is -0.803. The lowest BCUT2D eigenvalue weighted by atomic mass is 9.85. The van der Waals surface area contributed by atoms with Gasteiger partial charge < -0.3 is 4.74 Å². The van der Waals surface area contributed by atoms with Crippen molar-refractivity contribution in [2.24, 2.45) is 0 Å². The molecule has 1 aromatic carbocycles. The Kier molecular flexibility index (Phi) is 8.20. The van der Waals surface area contributed by atoms with Crippen molar-refractivity contribution in [2.75, 3.05) is 0 Å². The summed E-state index contributed by atoms with van der Waals surface area (Å²) >= 11 is 2.25. The van der Waals surface area contributed by atoms with Gasteiger partial charge in [-0.1, -0.05) is 68.2 Å². The Balaban J connectivity index is 3.61. The van der Waals surface area contributed by atoms with Gasteiger partial charge in [0, 0.05) is 18.1 Å². The highest BCUT2D eigenvalue weighted by Gasteiger charge is 2.41. The lowest BCUT2D eigenvalue weighted by Gasteiger charge is -2.38. The van der Waals surface area contributed by atoms with E-state index in [1.807, 2.05) is 6.07 Å². The first-order valence-corrected chi connectivity index (χ1v) is 13.1. The van der Waals surface area contributed by atoms with Crippen molar-refractivity contribution in [3.8, 4) is 17.2 Å². The molecule has 0 atom stereocenters. The molecule has 0 heterocycles. The molecule has 0 saturated heterocycles. The van der Waals surface area contributed by atoms with E-state index in [1.54, 1.807) is 0 Å². The summed E-state index contributed by atoms with van der Waals surface area (Å²) in [7, 11) is -1.78. The third kappa shape index (κ3) is 5.60. The minimum Gasteiger partial charge on any atom is -0.425 e. The van der Waals surface area contributed by atoms with Gasteiger partial charge in [-0.15, -0.1) is 5.54 Å². The van der Waals surface area contributed by atoms with Crippen LogP contribution in [-0.2, 0) is 10.2 Å². The fourth-order valence-electron chi connectivity index (χ4n) is 4.08. The molecule has 0 bridgehead atoms. The molecule has 0 unspecified atom stereocenters. The lowest BCUT2D eigenvalue weighted by Crippen LogP contribution is -2.43. The van der Waals surface area contributed by atoms with Gasteiger partial charge in [-0.3, -0.25) is 4.79 Å². The van der Waals surface area contributed by atoms with E-state index in [0.717, 1.165) is 14.7 Å². The number of esters is 1. The van der Waals surface area contributed by atoms with Gasteiger partial charge in [-0.05, 0) is 56.8 Å². The maximum Gasteiger partial charge on any atom is 0.308 e. The molecular weight excluding hydrogens is 463 g/mol. The summed E-state index contributed by atoms with van der Waals surface area (Å²) in [5, 5.41) is 0. The largest absolute Gasteiger partial charge is 0.425 e. The van der Waals surface area contributed by atoms with Crippen LogP contribution in [0.5, 0.6) is 5.75 Å². The molecule has 2 nitrogen and oxygen atoms in total. The van der Waals surface area contributed by atoms with Gasteiger partial charge in [0.15, 0.2) is 0 Å². The zero-order chi connectivity index (χ0) is 21.2. The Morgan fingerprint density at radius 3 is 1.89 bits per heavy atom. The summed E-state index contributed by atoms with van der Waals surface area (Å²) in [6, 6.07) is 4.15. The normalized spacial score (nSPS) is 12.4. The van der Waals surface area contributed by atoms with Gasteiger partial charge in [-0.25, -0.2) is 0 Å². The molecule has 150 valence electrons. The van der Waals surface area contributed by atoms with Crippen LogP contribution in [0.15, 0.2) is 12.1 Å². The van der Waals surface area contributed by atoms with Crippen molar-refractivity contribution in [2.45, 2.75) is 91.3 Å². The molecule has 1 aromatic rings. The summed E-state index contributed by atoms with van der Waals surface area (Å²) in [5.41, 5.74) is 7.51.